The molecule has 0 aliphatic heterocycles. The third-order valence-electron chi connectivity index (χ3n) is 3.32. The van der Waals surface area contributed by atoms with Crippen molar-refractivity contribution in [2.45, 2.75) is 6.18 Å². The molecule has 2 aromatic heterocycles. The Kier molecular flexibility index (Phi) is 4.51. The van der Waals surface area contributed by atoms with E-state index in [4.69, 9.17) is 4.74 Å². The van der Waals surface area contributed by atoms with Crippen molar-refractivity contribution in [3.8, 4) is 17.1 Å². The summed E-state index contributed by atoms with van der Waals surface area (Å²) in [7, 11) is 1.31. The minimum atomic E-state index is -4.48. The number of hydrogen-bond donors (Lipinski definition) is 0. The molecule has 0 atom stereocenters. The zero-order chi connectivity index (χ0) is 17.9. The molecule has 1 aromatic carbocycles. The van der Waals surface area contributed by atoms with Gasteiger partial charge in [-0.25, -0.2) is 9.67 Å². The Morgan fingerprint density at radius 2 is 1.96 bits per heavy atom. The van der Waals surface area contributed by atoms with Gasteiger partial charge in [-0.1, -0.05) is 6.07 Å². The highest BCUT2D eigenvalue weighted by molar-refractivity contribution is 5.61. The molecule has 0 bridgehead atoms. The molecule has 0 radical (unpaired) electrons. The Hall–Kier alpha value is -3.16. The highest BCUT2D eigenvalue weighted by Gasteiger charge is 2.31. The van der Waals surface area contributed by atoms with E-state index in [1.165, 1.54) is 24.2 Å². The van der Waals surface area contributed by atoms with Crippen LogP contribution >= 0.6 is 0 Å². The highest BCUT2D eigenvalue weighted by atomic mass is 19.4. The first-order valence-electron chi connectivity index (χ1n) is 7.23. The van der Waals surface area contributed by atoms with Crippen LogP contribution < -0.4 is 4.74 Å². The van der Waals surface area contributed by atoms with Gasteiger partial charge in [-0.15, -0.1) is 5.10 Å². The largest absolute Gasteiger partial charge is 0.497 e. The van der Waals surface area contributed by atoms with Crippen LogP contribution in [-0.2, 0) is 6.18 Å². The minimum absolute atomic E-state index is 0.0882. The van der Waals surface area contributed by atoms with Crippen molar-refractivity contribution in [3.05, 3.63) is 60.2 Å². The quantitative estimate of drug-likeness (QED) is 0.717. The van der Waals surface area contributed by atoms with Crippen LogP contribution in [0.15, 0.2) is 48.9 Å². The van der Waals surface area contributed by atoms with E-state index >= 15 is 0 Å². The molecule has 128 valence electrons. The normalized spacial score (nSPS) is 11.8. The van der Waals surface area contributed by atoms with Crippen LogP contribution in [0.25, 0.3) is 23.7 Å². The molecule has 8 heteroatoms. The molecular formula is C17H13F3N4O. The molecule has 2 heterocycles. The van der Waals surface area contributed by atoms with Crippen molar-refractivity contribution in [1.29, 1.82) is 0 Å². The Morgan fingerprint density at radius 1 is 1.12 bits per heavy atom. The zero-order valence-corrected chi connectivity index (χ0v) is 13.1. The van der Waals surface area contributed by atoms with Crippen molar-refractivity contribution in [1.82, 2.24) is 19.7 Å². The summed E-state index contributed by atoms with van der Waals surface area (Å²) in [5.41, 5.74) is 0.124. The number of pyridine rings is 1. The number of methoxy groups -OCH3 is 1. The SMILES string of the molecule is COc1cc(-c2ncn(C=Cc3ccccn3)n2)cc(C(F)(F)F)c1. The second-order valence-electron chi connectivity index (χ2n) is 5.07. The lowest BCUT2D eigenvalue weighted by Gasteiger charge is -2.10. The van der Waals surface area contributed by atoms with Crippen LogP contribution in [0.1, 0.15) is 11.3 Å². The Bertz CT molecular complexity index is 888. The summed E-state index contributed by atoms with van der Waals surface area (Å²) in [5, 5.41) is 4.16. The zero-order valence-electron chi connectivity index (χ0n) is 13.1. The van der Waals surface area contributed by atoms with Crippen LogP contribution in [0.3, 0.4) is 0 Å². The molecule has 0 N–H and O–H groups in total. The standard InChI is InChI=1S/C17H13F3N4O/c1-25-15-9-12(8-13(10-15)17(18,19)20)16-22-11-24(23-16)7-5-14-4-2-3-6-21-14/h2-11H,1H3. The molecule has 0 aliphatic carbocycles. The summed E-state index contributed by atoms with van der Waals surface area (Å²) in [4.78, 5) is 8.18. The van der Waals surface area contributed by atoms with Gasteiger partial charge in [-0.05, 0) is 36.4 Å². The number of hydrogen-bond acceptors (Lipinski definition) is 4. The average Bonchev–Trinajstić information content (AvgIpc) is 3.09. The third-order valence-corrected chi connectivity index (χ3v) is 3.32. The molecule has 0 aliphatic rings. The third kappa shape index (κ3) is 4.03. The molecule has 3 rings (SSSR count). The summed E-state index contributed by atoms with van der Waals surface area (Å²) >= 11 is 0. The number of nitrogens with zero attached hydrogens (tertiary/aromatic N) is 4. The molecule has 0 saturated heterocycles. The lowest BCUT2D eigenvalue weighted by atomic mass is 10.1. The summed E-state index contributed by atoms with van der Waals surface area (Å²) in [6, 6.07) is 8.83. The van der Waals surface area contributed by atoms with Gasteiger partial charge in [0.2, 0.25) is 0 Å². The van der Waals surface area contributed by atoms with Crippen molar-refractivity contribution in [3.63, 3.8) is 0 Å². The summed E-state index contributed by atoms with van der Waals surface area (Å²) in [6.07, 6.45) is 1.91. The molecule has 0 saturated carbocycles. The van der Waals surface area contributed by atoms with Crippen molar-refractivity contribution >= 4 is 12.3 Å². The summed E-state index contributed by atoms with van der Waals surface area (Å²) < 4.78 is 45.3. The van der Waals surface area contributed by atoms with Crippen LogP contribution in [0.2, 0.25) is 0 Å². The van der Waals surface area contributed by atoms with Crippen molar-refractivity contribution < 1.29 is 17.9 Å². The fourth-order valence-electron chi connectivity index (χ4n) is 2.12. The van der Waals surface area contributed by atoms with E-state index in [0.29, 0.717) is 0 Å². The van der Waals surface area contributed by atoms with Gasteiger partial charge in [0.05, 0.1) is 18.4 Å². The number of alkyl halides is 3. The van der Waals surface area contributed by atoms with Crippen molar-refractivity contribution in [2.75, 3.05) is 7.11 Å². The van der Waals surface area contributed by atoms with Crippen LogP contribution in [0, 0.1) is 0 Å². The van der Waals surface area contributed by atoms with Gasteiger partial charge < -0.3 is 4.74 Å². The van der Waals surface area contributed by atoms with Gasteiger partial charge >= 0.3 is 6.18 Å². The van der Waals surface area contributed by atoms with Gasteiger partial charge in [0, 0.05) is 18.0 Å². The van der Waals surface area contributed by atoms with E-state index < -0.39 is 11.7 Å². The fourth-order valence-corrected chi connectivity index (χ4v) is 2.12. The van der Waals surface area contributed by atoms with Gasteiger partial charge in [0.25, 0.3) is 0 Å². The maximum atomic E-state index is 13.0. The molecule has 0 unspecified atom stereocenters. The van der Waals surface area contributed by atoms with Gasteiger partial charge in [0.1, 0.15) is 12.1 Å². The number of aromatic nitrogens is 4. The molecular weight excluding hydrogens is 333 g/mol. The van der Waals surface area contributed by atoms with Gasteiger partial charge in [-0.2, -0.15) is 13.2 Å². The topological polar surface area (TPSA) is 52.8 Å². The first kappa shape index (κ1) is 16.7. The van der Waals surface area contributed by atoms with E-state index in [0.717, 1.165) is 17.8 Å². The molecule has 0 amide bonds. The minimum Gasteiger partial charge on any atom is -0.497 e. The first-order chi connectivity index (χ1) is 12.0. The maximum absolute atomic E-state index is 13.0. The van der Waals surface area contributed by atoms with Crippen LogP contribution in [-0.4, -0.2) is 26.9 Å². The second-order valence-corrected chi connectivity index (χ2v) is 5.07. The summed E-state index contributed by atoms with van der Waals surface area (Å²) in [5.74, 6) is 0.250. The Labute approximate surface area is 141 Å². The predicted octanol–water partition coefficient (Wildman–Crippen LogP) is 4.00. The second kappa shape index (κ2) is 6.76. The summed E-state index contributed by atoms with van der Waals surface area (Å²) in [6.45, 7) is 0. The van der Waals surface area contributed by atoms with Gasteiger partial charge in [-0.3, -0.25) is 4.98 Å². The lowest BCUT2D eigenvalue weighted by molar-refractivity contribution is -0.137. The number of rotatable bonds is 4. The number of benzene rings is 1. The molecule has 0 fully saturated rings. The van der Waals surface area contributed by atoms with E-state index in [1.807, 2.05) is 12.1 Å². The smallest absolute Gasteiger partial charge is 0.416 e. The molecule has 25 heavy (non-hydrogen) atoms. The fraction of sp³-hybridized carbons (Fsp3) is 0.118. The molecule has 0 spiro atoms. The highest BCUT2D eigenvalue weighted by Crippen LogP contribution is 2.34. The maximum Gasteiger partial charge on any atom is 0.416 e. The van der Waals surface area contributed by atoms with Crippen LogP contribution in [0.4, 0.5) is 13.2 Å². The van der Waals surface area contributed by atoms with Gasteiger partial charge in [0.15, 0.2) is 5.82 Å². The van der Waals surface area contributed by atoms with E-state index in [-0.39, 0.29) is 17.1 Å². The lowest BCUT2D eigenvalue weighted by Crippen LogP contribution is -2.05. The van der Waals surface area contributed by atoms with Crippen LogP contribution in [0.5, 0.6) is 5.75 Å². The number of halogens is 3. The molecule has 5 nitrogen and oxygen atoms in total. The predicted molar refractivity (Wildman–Crippen MR) is 86.5 cm³/mol. The van der Waals surface area contributed by atoms with E-state index in [2.05, 4.69) is 15.1 Å². The monoisotopic (exact) mass is 346 g/mol. The average molecular weight is 346 g/mol. The van der Waals surface area contributed by atoms with E-state index in [9.17, 15) is 13.2 Å². The van der Waals surface area contributed by atoms with Crippen molar-refractivity contribution in [2.24, 2.45) is 0 Å². The Morgan fingerprint density at radius 3 is 2.64 bits per heavy atom. The Balaban J connectivity index is 1.90. The first-order valence-corrected chi connectivity index (χ1v) is 7.23. The van der Waals surface area contributed by atoms with E-state index in [1.54, 1.807) is 24.5 Å². The molecule has 3 aromatic rings. The number of ether oxygens (including phenoxy) is 1.